The monoisotopic (exact) mass is 330 g/mol. The van der Waals surface area contributed by atoms with Crippen molar-refractivity contribution in [1.82, 2.24) is 10.2 Å². The van der Waals surface area contributed by atoms with Gasteiger partial charge in [-0.25, -0.2) is 4.79 Å². The Labute approximate surface area is 143 Å². The van der Waals surface area contributed by atoms with Crippen LogP contribution in [-0.2, 0) is 11.2 Å². The van der Waals surface area contributed by atoms with Crippen molar-refractivity contribution >= 4 is 17.6 Å². The Kier molecular flexibility index (Phi) is 4.92. The molecule has 0 unspecified atom stereocenters. The van der Waals surface area contributed by atoms with Crippen LogP contribution in [0.5, 0.6) is 0 Å². The van der Waals surface area contributed by atoms with E-state index in [1.54, 1.807) is 4.90 Å². The van der Waals surface area contributed by atoms with E-state index >= 15 is 0 Å². The summed E-state index contributed by atoms with van der Waals surface area (Å²) in [6.07, 6.45) is 2.71. The fourth-order valence-corrected chi connectivity index (χ4v) is 3.72. The molecule has 130 valence electrons. The summed E-state index contributed by atoms with van der Waals surface area (Å²) in [7, 11) is 0. The first-order valence-electron chi connectivity index (χ1n) is 8.73. The number of fused-ring (bicyclic) bond motifs is 1. The summed E-state index contributed by atoms with van der Waals surface area (Å²) < 4.78 is 0. The number of anilines is 1. The van der Waals surface area contributed by atoms with Crippen molar-refractivity contribution in [3.8, 4) is 0 Å². The third-order valence-corrected chi connectivity index (χ3v) is 5.13. The molecule has 0 saturated carbocycles. The van der Waals surface area contributed by atoms with Gasteiger partial charge in [0, 0.05) is 37.9 Å². The van der Waals surface area contributed by atoms with Gasteiger partial charge in [0.05, 0.1) is 5.92 Å². The fraction of sp³-hybridized carbons (Fsp3) is 0.556. The molecule has 0 bridgehead atoms. The van der Waals surface area contributed by atoms with Crippen molar-refractivity contribution in [1.29, 1.82) is 0 Å². The van der Waals surface area contributed by atoms with Crippen LogP contribution in [0, 0.1) is 5.92 Å². The summed E-state index contributed by atoms with van der Waals surface area (Å²) in [6, 6.07) is 8.25. The van der Waals surface area contributed by atoms with Gasteiger partial charge in [0.1, 0.15) is 0 Å². The van der Waals surface area contributed by atoms with Crippen LogP contribution < -0.4 is 16.0 Å². The Hall–Kier alpha value is -2.24. The topological polar surface area (TPSA) is 78.7 Å². The molecule has 1 saturated heterocycles. The number of piperidine rings is 1. The van der Waals surface area contributed by atoms with Crippen LogP contribution in [0.3, 0.4) is 0 Å². The number of carbonyl (C=O) groups excluding carboxylic acids is 2. The molecule has 0 radical (unpaired) electrons. The van der Waals surface area contributed by atoms with Gasteiger partial charge in [0.2, 0.25) is 5.91 Å². The van der Waals surface area contributed by atoms with Crippen molar-refractivity contribution in [2.24, 2.45) is 11.7 Å². The SMILES string of the molecule is C[C@@H](CNC(=O)[C@@H]1CCCN(C(N)=O)C1)N1CCc2ccccc21. The zero-order valence-corrected chi connectivity index (χ0v) is 14.2. The lowest BCUT2D eigenvalue weighted by molar-refractivity contribution is -0.126. The summed E-state index contributed by atoms with van der Waals surface area (Å²) in [5.74, 6) is -0.121. The first-order valence-corrected chi connectivity index (χ1v) is 8.73. The average molecular weight is 330 g/mol. The number of rotatable bonds is 4. The zero-order chi connectivity index (χ0) is 17.1. The number of amides is 3. The Morgan fingerprint density at radius 1 is 1.33 bits per heavy atom. The second kappa shape index (κ2) is 7.11. The van der Waals surface area contributed by atoms with Crippen molar-refractivity contribution < 1.29 is 9.59 Å². The van der Waals surface area contributed by atoms with Crippen molar-refractivity contribution in [3.05, 3.63) is 29.8 Å². The number of primary amides is 1. The van der Waals surface area contributed by atoms with Gasteiger partial charge in [0.15, 0.2) is 0 Å². The van der Waals surface area contributed by atoms with Gasteiger partial charge in [-0.05, 0) is 37.8 Å². The van der Waals surface area contributed by atoms with Gasteiger partial charge >= 0.3 is 6.03 Å². The van der Waals surface area contributed by atoms with Crippen molar-refractivity contribution in [3.63, 3.8) is 0 Å². The van der Waals surface area contributed by atoms with Gasteiger partial charge in [-0.15, -0.1) is 0 Å². The van der Waals surface area contributed by atoms with Gasteiger partial charge in [-0.1, -0.05) is 18.2 Å². The van der Waals surface area contributed by atoms with Crippen LogP contribution in [0.4, 0.5) is 10.5 Å². The highest BCUT2D eigenvalue weighted by Crippen LogP contribution is 2.29. The van der Waals surface area contributed by atoms with Crippen molar-refractivity contribution in [2.45, 2.75) is 32.2 Å². The number of nitrogens with zero attached hydrogens (tertiary/aromatic N) is 2. The first-order chi connectivity index (χ1) is 11.6. The van der Waals surface area contributed by atoms with E-state index in [9.17, 15) is 9.59 Å². The van der Waals surface area contributed by atoms with E-state index in [4.69, 9.17) is 5.73 Å². The number of para-hydroxylation sites is 1. The molecule has 3 N–H and O–H groups in total. The van der Waals surface area contributed by atoms with Crippen LogP contribution in [-0.4, -0.2) is 49.1 Å². The number of urea groups is 1. The molecule has 2 aliphatic rings. The van der Waals surface area contributed by atoms with Gasteiger partial charge in [0.25, 0.3) is 0 Å². The van der Waals surface area contributed by atoms with E-state index in [0.717, 1.165) is 25.8 Å². The maximum absolute atomic E-state index is 12.4. The summed E-state index contributed by atoms with van der Waals surface area (Å²) in [5.41, 5.74) is 7.98. The largest absolute Gasteiger partial charge is 0.366 e. The number of nitrogens with two attached hydrogens (primary N) is 1. The third-order valence-electron chi connectivity index (χ3n) is 5.13. The number of carbonyl (C=O) groups is 2. The van der Waals surface area contributed by atoms with Gasteiger partial charge < -0.3 is 20.9 Å². The molecule has 6 heteroatoms. The fourth-order valence-electron chi connectivity index (χ4n) is 3.72. The number of likely N-dealkylation sites (tertiary alicyclic amines) is 1. The smallest absolute Gasteiger partial charge is 0.314 e. The number of nitrogens with one attached hydrogen (secondary N) is 1. The predicted octanol–water partition coefficient (Wildman–Crippen LogP) is 1.34. The first kappa shape index (κ1) is 16.6. The van der Waals surface area contributed by atoms with E-state index < -0.39 is 6.03 Å². The molecular formula is C18H26N4O2. The maximum atomic E-state index is 12.4. The molecule has 1 fully saturated rings. The minimum absolute atomic E-state index is 0.0280. The van der Waals surface area contributed by atoms with E-state index in [1.807, 2.05) is 0 Å². The molecule has 2 aliphatic heterocycles. The lowest BCUT2D eigenvalue weighted by Crippen LogP contribution is -2.49. The second-order valence-corrected chi connectivity index (χ2v) is 6.79. The van der Waals surface area contributed by atoms with Crippen LogP contribution in [0.2, 0.25) is 0 Å². The zero-order valence-electron chi connectivity index (χ0n) is 14.2. The number of hydrogen-bond acceptors (Lipinski definition) is 3. The molecule has 0 spiro atoms. The predicted molar refractivity (Wildman–Crippen MR) is 93.8 cm³/mol. The van der Waals surface area contributed by atoms with E-state index in [2.05, 4.69) is 41.4 Å². The number of benzene rings is 1. The third kappa shape index (κ3) is 3.47. The van der Waals surface area contributed by atoms with Gasteiger partial charge in [-0.3, -0.25) is 4.79 Å². The molecule has 2 atom stereocenters. The molecule has 1 aromatic rings. The molecule has 1 aromatic carbocycles. The highest BCUT2D eigenvalue weighted by molar-refractivity contribution is 5.80. The van der Waals surface area contributed by atoms with Crippen LogP contribution in [0.1, 0.15) is 25.3 Å². The molecular weight excluding hydrogens is 304 g/mol. The van der Waals surface area contributed by atoms with Crippen LogP contribution in [0.15, 0.2) is 24.3 Å². The Morgan fingerprint density at radius 2 is 2.12 bits per heavy atom. The van der Waals surface area contributed by atoms with E-state index in [0.29, 0.717) is 19.6 Å². The minimum Gasteiger partial charge on any atom is -0.366 e. The van der Waals surface area contributed by atoms with Crippen molar-refractivity contribution in [2.75, 3.05) is 31.1 Å². The molecule has 24 heavy (non-hydrogen) atoms. The van der Waals surface area contributed by atoms with E-state index in [-0.39, 0.29) is 17.9 Å². The molecule has 3 rings (SSSR count). The van der Waals surface area contributed by atoms with Crippen LogP contribution >= 0.6 is 0 Å². The Morgan fingerprint density at radius 3 is 2.92 bits per heavy atom. The molecule has 0 aromatic heterocycles. The summed E-state index contributed by atoms with van der Waals surface area (Å²) in [5, 5.41) is 3.06. The normalized spacial score (nSPS) is 21.3. The highest BCUT2D eigenvalue weighted by atomic mass is 16.2. The van der Waals surface area contributed by atoms with Gasteiger partial charge in [-0.2, -0.15) is 0 Å². The molecule has 0 aliphatic carbocycles. The Balaban J connectivity index is 1.52. The highest BCUT2D eigenvalue weighted by Gasteiger charge is 2.28. The molecule has 3 amide bonds. The standard InChI is InChI=1S/C18H26N4O2/c1-13(22-10-8-14-5-2-3-7-16(14)22)11-20-17(23)15-6-4-9-21(12-15)18(19)24/h2-3,5,7,13,15H,4,6,8-12H2,1H3,(H2,19,24)(H,20,23)/t13-,15+/m0/s1. The molecule has 2 heterocycles. The van der Waals surface area contributed by atoms with E-state index in [1.165, 1.54) is 11.3 Å². The summed E-state index contributed by atoms with van der Waals surface area (Å²) in [6.45, 7) is 4.83. The lowest BCUT2D eigenvalue weighted by atomic mass is 9.97. The van der Waals surface area contributed by atoms with Crippen LogP contribution in [0.25, 0.3) is 0 Å². The number of hydrogen-bond donors (Lipinski definition) is 2. The quantitative estimate of drug-likeness (QED) is 0.874. The second-order valence-electron chi connectivity index (χ2n) is 6.79. The average Bonchev–Trinajstić information content (AvgIpc) is 3.03. The summed E-state index contributed by atoms with van der Waals surface area (Å²) in [4.78, 5) is 27.6. The maximum Gasteiger partial charge on any atom is 0.314 e. The molecule has 6 nitrogen and oxygen atoms in total. The Bertz CT molecular complexity index is 619. The summed E-state index contributed by atoms with van der Waals surface area (Å²) >= 11 is 0. The minimum atomic E-state index is -0.436. The lowest BCUT2D eigenvalue weighted by Gasteiger charge is -2.32.